The van der Waals surface area contributed by atoms with Crippen molar-refractivity contribution in [1.29, 1.82) is 0 Å². The number of terminal acetylenes is 1. The molecule has 0 aliphatic carbocycles. The summed E-state index contributed by atoms with van der Waals surface area (Å²) in [6, 6.07) is 17.6. The molecule has 0 heteroatoms. The van der Waals surface area contributed by atoms with Crippen LogP contribution in [0.15, 0.2) is 87.0 Å². The Morgan fingerprint density at radius 2 is 0.755 bits per heavy atom. The monoisotopic (exact) mass is 725 g/mol. The summed E-state index contributed by atoms with van der Waals surface area (Å²) >= 11 is 0. The smallest absolute Gasteiger partial charge is 0.00297 e. The van der Waals surface area contributed by atoms with Crippen LogP contribution in [-0.2, 0) is 0 Å². The number of hydrogen-bond donors (Lipinski definition) is 0. The van der Waals surface area contributed by atoms with E-state index < -0.39 is 0 Å². The van der Waals surface area contributed by atoms with Crippen LogP contribution in [0.4, 0.5) is 0 Å². The van der Waals surface area contributed by atoms with Gasteiger partial charge in [0.05, 0.1) is 0 Å². The largest absolute Gasteiger partial charge is 0.120 e. The molecule has 0 amide bonds. The van der Waals surface area contributed by atoms with Crippen LogP contribution in [0.3, 0.4) is 0 Å². The van der Waals surface area contributed by atoms with Gasteiger partial charge in [-0.25, -0.2) is 0 Å². The van der Waals surface area contributed by atoms with Crippen molar-refractivity contribution < 1.29 is 0 Å². The van der Waals surface area contributed by atoms with Gasteiger partial charge in [-0.15, -0.1) is 45.2 Å². The van der Waals surface area contributed by atoms with Crippen LogP contribution in [0.5, 0.6) is 0 Å². The van der Waals surface area contributed by atoms with E-state index in [0.717, 1.165) is 0 Å². The Balaban J connectivity index is -0.000000190. The van der Waals surface area contributed by atoms with Gasteiger partial charge >= 0.3 is 0 Å². The van der Waals surface area contributed by atoms with Crippen LogP contribution in [0.2, 0.25) is 0 Å². The molecule has 0 saturated carbocycles. The molecule has 3 aromatic rings. The summed E-state index contributed by atoms with van der Waals surface area (Å²) in [6.45, 7) is 61.4. The van der Waals surface area contributed by atoms with Gasteiger partial charge in [0.25, 0.3) is 0 Å². The fraction of sp³-hybridized carbons (Fsp3) is 0.509. The van der Waals surface area contributed by atoms with Crippen LogP contribution >= 0.6 is 0 Å². The summed E-state index contributed by atoms with van der Waals surface area (Å²) < 4.78 is 0. The Bertz CT molecular complexity index is 1330. The van der Waals surface area contributed by atoms with Gasteiger partial charge in [-0.2, -0.15) is 0 Å². The standard InChI is InChI=1S/C17H28.C13H20.C10H14.C4H8.C3H4.C2H6.2C2H4/c1-10(2)15-9-16(11(3)4)14(8)17(12(5)6)13(15)7;1-9(2)12-7-6-8-13(10(3)4)11(12)5;1-8(2)10-7-5-4-6-9(10)3;1-4(2)3;1-3-2;3*1-2/h9-12H,1-8H3;6-10H,1-5H3;4-8H,1-3H3;1H2,2-3H3;1H,2H3;1-2H3;2*1-2H2. The van der Waals surface area contributed by atoms with E-state index >= 15 is 0 Å². The van der Waals surface area contributed by atoms with E-state index in [1.54, 1.807) is 12.5 Å². The van der Waals surface area contributed by atoms with Gasteiger partial charge in [0.15, 0.2) is 0 Å². The fourth-order valence-electron chi connectivity index (χ4n) is 6.20. The highest BCUT2D eigenvalue weighted by molar-refractivity contribution is 5.48. The number of hydrogen-bond acceptors (Lipinski definition) is 0. The lowest BCUT2D eigenvalue weighted by Crippen LogP contribution is -2.07. The molecule has 0 radical (unpaired) electrons. The lowest BCUT2D eigenvalue weighted by Gasteiger charge is -2.24. The molecular weight excluding hydrogens is 637 g/mol. The Morgan fingerprint density at radius 1 is 0.491 bits per heavy atom. The third-order valence-electron chi connectivity index (χ3n) is 8.28. The third kappa shape index (κ3) is 24.4. The van der Waals surface area contributed by atoms with Crippen LogP contribution in [0, 0.1) is 40.0 Å². The quantitative estimate of drug-likeness (QED) is 0.175. The first-order valence-corrected chi connectivity index (χ1v) is 20.0. The highest BCUT2D eigenvalue weighted by Gasteiger charge is 2.18. The molecule has 0 spiro atoms. The number of allylic oxidation sites excluding steroid dienone is 1. The molecule has 3 aromatic carbocycles. The highest BCUT2D eigenvalue weighted by Crippen LogP contribution is 2.35. The van der Waals surface area contributed by atoms with Crippen LogP contribution < -0.4 is 0 Å². The molecule has 0 nitrogen and oxygen atoms in total. The summed E-state index contributed by atoms with van der Waals surface area (Å²) in [5, 5.41) is 0. The lowest BCUT2D eigenvalue weighted by atomic mass is 9.81. The van der Waals surface area contributed by atoms with E-state index in [9.17, 15) is 0 Å². The summed E-state index contributed by atoms with van der Waals surface area (Å²) in [4.78, 5) is 0. The molecular formula is C53H88. The SMILES string of the molecule is C#CC.C=C.C=C.C=C(C)C.CC.Cc1c(C(C)C)cc(C(C)C)c(C)c1C(C)C.Cc1c(C(C)C)cccc1C(C)C.Cc1ccccc1C(C)C. The minimum Gasteiger partial charge on any atom is -0.120 e. The number of benzene rings is 3. The van der Waals surface area contributed by atoms with Crippen molar-refractivity contribution >= 4 is 0 Å². The molecule has 0 aromatic heterocycles. The van der Waals surface area contributed by atoms with E-state index in [4.69, 9.17) is 0 Å². The topological polar surface area (TPSA) is 0 Å². The summed E-state index contributed by atoms with van der Waals surface area (Å²) in [6.07, 6.45) is 4.60. The maximum Gasteiger partial charge on any atom is -0.00297 e. The van der Waals surface area contributed by atoms with Gasteiger partial charge in [-0.3, -0.25) is 0 Å². The molecule has 0 heterocycles. The van der Waals surface area contributed by atoms with Crippen molar-refractivity contribution in [3.8, 4) is 12.3 Å². The number of aryl methyl sites for hydroxylation is 1. The predicted molar refractivity (Wildman–Crippen MR) is 252 cm³/mol. The Hall–Kier alpha value is -3.56. The normalized spacial score (nSPS) is 9.47. The van der Waals surface area contributed by atoms with Crippen molar-refractivity contribution in [2.75, 3.05) is 0 Å². The zero-order chi connectivity index (χ0) is 43.2. The first-order chi connectivity index (χ1) is 24.7. The molecule has 0 N–H and O–H groups in total. The lowest BCUT2D eigenvalue weighted by molar-refractivity contribution is 0.779. The average Bonchev–Trinajstić information content (AvgIpc) is 3.07. The zero-order valence-corrected chi connectivity index (χ0v) is 39.2. The molecule has 0 aliphatic heterocycles. The van der Waals surface area contributed by atoms with Crippen LogP contribution in [-0.4, -0.2) is 0 Å². The highest BCUT2D eigenvalue weighted by atomic mass is 14.2. The third-order valence-corrected chi connectivity index (χ3v) is 8.28. The first-order valence-electron chi connectivity index (χ1n) is 20.0. The van der Waals surface area contributed by atoms with Gasteiger partial charge in [0.2, 0.25) is 0 Å². The predicted octanol–water partition coefficient (Wildman–Crippen LogP) is 17.9. The molecule has 53 heavy (non-hydrogen) atoms. The molecule has 0 aliphatic rings. The fourth-order valence-corrected chi connectivity index (χ4v) is 6.20. The van der Waals surface area contributed by atoms with Crippen molar-refractivity contribution in [3.63, 3.8) is 0 Å². The van der Waals surface area contributed by atoms with E-state index in [-0.39, 0.29) is 0 Å². The molecule has 0 bridgehead atoms. The molecule has 3 rings (SSSR count). The van der Waals surface area contributed by atoms with Crippen LogP contribution in [0.1, 0.15) is 209 Å². The average molecular weight is 725 g/mol. The first kappa shape index (κ1) is 58.7. The van der Waals surface area contributed by atoms with Gasteiger partial charge in [-0.1, -0.05) is 151 Å². The molecule has 0 atom stereocenters. The maximum atomic E-state index is 4.60. The van der Waals surface area contributed by atoms with E-state index in [2.05, 4.69) is 205 Å². The Labute approximate surface area is 334 Å². The molecule has 0 fully saturated rings. The second-order valence-electron chi connectivity index (χ2n) is 15.1. The van der Waals surface area contributed by atoms with Gasteiger partial charge in [0.1, 0.15) is 0 Å². The van der Waals surface area contributed by atoms with E-state index in [1.165, 1.54) is 55.6 Å². The zero-order valence-electron chi connectivity index (χ0n) is 39.2. The second kappa shape index (κ2) is 34.2. The molecule has 0 saturated heterocycles. The summed E-state index contributed by atoms with van der Waals surface area (Å²) in [5.41, 5.74) is 16.1. The Morgan fingerprint density at radius 3 is 0.981 bits per heavy atom. The van der Waals surface area contributed by atoms with Crippen molar-refractivity contribution in [2.24, 2.45) is 0 Å². The summed E-state index contributed by atoms with van der Waals surface area (Å²) in [5.74, 6) is 6.03. The minimum absolute atomic E-state index is 0.616. The number of rotatable bonds is 6. The van der Waals surface area contributed by atoms with E-state index in [1.807, 2.05) is 27.7 Å². The Kier molecular flexibility index (Phi) is 37.9. The van der Waals surface area contributed by atoms with Gasteiger partial charge in [0, 0.05) is 0 Å². The van der Waals surface area contributed by atoms with Crippen molar-refractivity contribution in [1.82, 2.24) is 0 Å². The maximum absolute atomic E-state index is 4.60. The van der Waals surface area contributed by atoms with Crippen molar-refractivity contribution in [3.05, 3.63) is 143 Å². The molecule has 300 valence electrons. The van der Waals surface area contributed by atoms with Crippen LogP contribution in [0.25, 0.3) is 0 Å². The van der Waals surface area contributed by atoms with Gasteiger partial charge < -0.3 is 0 Å². The minimum atomic E-state index is 0.616. The van der Waals surface area contributed by atoms with Gasteiger partial charge in [-0.05, 0) is 140 Å². The summed E-state index contributed by atoms with van der Waals surface area (Å²) in [7, 11) is 0. The van der Waals surface area contributed by atoms with E-state index in [0.29, 0.717) is 35.5 Å². The van der Waals surface area contributed by atoms with Crippen molar-refractivity contribution in [2.45, 2.75) is 181 Å². The second-order valence-corrected chi connectivity index (χ2v) is 15.1. The molecule has 0 unspecified atom stereocenters.